The third kappa shape index (κ3) is 6.36. The Kier molecular flexibility index (Phi) is 7.83. The van der Waals surface area contributed by atoms with E-state index in [-0.39, 0.29) is 0 Å². The van der Waals surface area contributed by atoms with Gasteiger partial charge in [-0.15, -0.1) is 0 Å². The van der Waals surface area contributed by atoms with Crippen molar-refractivity contribution in [1.29, 1.82) is 0 Å². The number of allylic oxidation sites excluding steroid dienone is 3. The minimum Gasteiger partial charge on any atom is -0.396 e. The molecule has 1 saturated heterocycles. The summed E-state index contributed by atoms with van der Waals surface area (Å²) >= 11 is 0. The molecular weight excluding hydrogens is 296 g/mol. The number of hydrogen-bond acceptors (Lipinski definition) is 4. The molecule has 0 atom stereocenters. The Morgan fingerprint density at radius 3 is 2.92 bits per heavy atom. The smallest absolute Gasteiger partial charge is 0.149 e. The Morgan fingerprint density at radius 1 is 1.42 bits per heavy atom. The molecule has 0 unspecified atom stereocenters. The Hall–Kier alpha value is -1.81. The number of unbranched alkanes of at least 4 members (excludes halogenated alkanes) is 1. The fraction of sp³-hybridized carbons (Fsp3) is 0.550. The predicted molar refractivity (Wildman–Crippen MR) is 104 cm³/mol. The fourth-order valence-electron chi connectivity index (χ4n) is 3.26. The molecule has 4 nitrogen and oxygen atoms in total. The lowest BCUT2D eigenvalue weighted by Crippen LogP contribution is -2.27. The van der Waals surface area contributed by atoms with Gasteiger partial charge in [-0.1, -0.05) is 37.1 Å². The van der Waals surface area contributed by atoms with Crippen molar-refractivity contribution < 1.29 is 0 Å². The minimum absolute atomic E-state index is 0.721. The molecule has 1 aliphatic heterocycles. The number of hydrogen-bond donors (Lipinski definition) is 3. The summed E-state index contributed by atoms with van der Waals surface area (Å²) in [7, 11) is 0. The molecule has 0 aromatic carbocycles. The van der Waals surface area contributed by atoms with Crippen LogP contribution in [0.1, 0.15) is 44.6 Å². The van der Waals surface area contributed by atoms with Crippen LogP contribution < -0.4 is 16.4 Å². The van der Waals surface area contributed by atoms with Gasteiger partial charge >= 0.3 is 0 Å². The highest BCUT2D eigenvalue weighted by atomic mass is 15.0. The first-order valence-electron chi connectivity index (χ1n) is 9.18. The topological polar surface area (TPSA) is 63.0 Å². The van der Waals surface area contributed by atoms with Gasteiger partial charge < -0.3 is 16.4 Å². The maximum Gasteiger partial charge on any atom is 0.149 e. The lowest BCUT2D eigenvalue weighted by atomic mass is 9.92. The van der Waals surface area contributed by atoms with E-state index in [1.165, 1.54) is 45.2 Å². The third-order valence-electron chi connectivity index (χ3n) is 4.60. The van der Waals surface area contributed by atoms with Gasteiger partial charge in [0.1, 0.15) is 5.82 Å². The number of piperidine rings is 1. The molecule has 132 valence electrons. The van der Waals surface area contributed by atoms with E-state index in [1.54, 1.807) is 0 Å². The van der Waals surface area contributed by atoms with E-state index in [9.17, 15) is 0 Å². The zero-order chi connectivity index (χ0) is 17.2. The van der Waals surface area contributed by atoms with Gasteiger partial charge in [0.05, 0.1) is 5.69 Å². The van der Waals surface area contributed by atoms with E-state index in [4.69, 9.17) is 5.73 Å². The van der Waals surface area contributed by atoms with Crippen molar-refractivity contribution in [1.82, 2.24) is 10.3 Å². The molecule has 1 aromatic heterocycles. The first-order chi connectivity index (χ1) is 11.7. The van der Waals surface area contributed by atoms with Crippen LogP contribution in [0.25, 0.3) is 0 Å². The highest BCUT2D eigenvalue weighted by Gasteiger charge is 2.12. The lowest BCUT2D eigenvalue weighted by Gasteiger charge is -2.22. The molecule has 0 bridgehead atoms. The molecule has 1 aliphatic rings. The van der Waals surface area contributed by atoms with Gasteiger partial charge in [0.2, 0.25) is 0 Å². The van der Waals surface area contributed by atoms with Crippen LogP contribution >= 0.6 is 0 Å². The molecule has 4 heteroatoms. The van der Waals surface area contributed by atoms with E-state index in [1.807, 2.05) is 31.3 Å². The molecule has 1 aromatic rings. The first-order valence-corrected chi connectivity index (χ1v) is 9.18. The molecular formula is C20H32N4. The summed E-state index contributed by atoms with van der Waals surface area (Å²) in [4.78, 5) is 4.47. The molecule has 0 amide bonds. The number of nitrogens with one attached hydrogen (secondary N) is 2. The van der Waals surface area contributed by atoms with Crippen LogP contribution in [0.5, 0.6) is 0 Å². The Balaban J connectivity index is 1.69. The van der Waals surface area contributed by atoms with E-state index in [0.717, 1.165) is 41.5 Å². The average Bonchev–Trinajstić information content (AvgIpc) is 2.57. The quantitative estimate of drug-likeness (QED) is 0.475. The molecule has 0 radical (unpaired) electrons. The van der Waals surface area contributed by atoms with Crippen molar-refractivity contribution in [3.05, 3.63) is 42.1 Å². The summed E-state index contributed by atoms with van der Waals surface area (Å²) in [6.07, 6.45) is 13.2. The van der Waals surface area contributed by atoms with E-state index < -0.39 is 0 Å². The monoisotopic (exact) mass is 328 g/mol. The number of pyridine rings is 1. The number of aromatic nitrogens is 1. The minimum atomic E-state index is 0.721. The average molecular weight is 329 g/mol. The maximum absolute atomic E-state index is 6.12. The van der Waals surface area contributed by atoms with Crippen molar-refractivity contribution in [2.24, 2.45) is 5.92 Å². The van der Waals surface area contributed by atoms with Crippen molar-refractivity contribution in [2.75, 3.05) is 30.7 Å². The van der Waals surface area contributed by atoms with Crippen molar-refractivity contribution >= 4 is 11.5 Å². The largest absolute Gasteiger partial charge is 0.396 e. The highest BCUT2D eigenvalue weighted by Crippen LogP contribution is 2.20. The van der Waals surface area contributed by atoms with Crippen LogP contribution in [0, 0.1) is 5.92 Å². The molecule has 1 fully saturated rings. The predicted octanol–water partition coefficient (Wildman–Crippen LogP) is 3.92. The van der Waals surface area contributed by atoms with Crippen LogP contribution in [0.2, 0.25) is 0 Å². The SMILES string of the molecule is C=C(/C=C/C)Cc1cnc(NCCCCC2CCNCC2)c(N)c1. The van der Waals surface area contributed by atoms with Gasteiger partial charge in [-0.3, -0.25) is 0 Å². The van der Waals surface area contributed by atoms with E-state index in [2.05, 4.69) is 22.2 Å². The Labute approximate surface area is 146 Å². The van der Waals surface area contributed by atoms with Gasteiger partial charge in [0, 0.05) is 12.7 Å². The standard InChI is InChI=1S/C20H32N4/c1-3-6-16(2)13-18-14-19(21)20(24-15-18)23-10-5-4-7-17-8-11-22-12-9-17/h3,6,14-15,17,22H,2,4-5,7-13,21H2,1H3,(H,23,24)/b6-3+. The van der Waals surface area contributed by atoms with Crippen molar-refractivity contribution in [2.45, 2.75) is 45.4 Å². The van der Waals surface area contributed by atoms with Crippen LogP contribution in [0.15, 0.2) is 36.6 Å². The fourth-order valence-corrected chi connectivity index (χ4v) is 3.26. The van der Waals surface area contributed by atoms with Gasteiger partial charge in [-0.05, 0) is 63.2 Å². The summed E-state index contributed by atoms with van der Waals surface area (Å²) < 4.78 is 0. The second-order valence-electron chi connectivity index (χ2n) is 6.73. The third-order valence-corrected chi connectivity index (χ3v) is 4.60. The van der Waals surface area contributed by atoms with Gasteiger partial charge in [0.15, 0.2) is 0 Å². The number of nitrogen functional groups attached to an aromatic ring is 1. The second kappa shape index (κ2) is 10.1. The molecule has 2 heterocycles. The van der Waals surface area contributed by atoms with Crippen LogP contribution in [-0.4, -0.2) is 24.6 Å². The summed E-state index contributed by atoms with van der Waals surface area (Å²) in [6, 6.07) is 2.00. The normalized spacial score (nSPS) is 15.7. The number of nitrogens with two attached hydrogens (primary N) is 1. The summed E-state index contributed by atoms with van der Waals surface area (Å²) in [6.45, 7) is 9.34. The van der Waals surface area contributed by atoms with E-state index >= 15 is 0 Å². The number of rotatable bonds is 9. The van der Waals surface area contributed by atoms with Gasteiger partial charge in [-0.2, -0.15) is 0 Å². The summed E-state index contributed by atoms with van der Waals surface area (Å²) in [5.74, 6) is 1.72. The van der Waals surface area contributed by atoms with Crippen molar-refractivity contribution in [3.63, 3.8) is 0 Å². The van der Waals surface area contributed by atoms with Gasteiger partial charge in [0.25, 0.3) is 0 Å². The molecule has 2 rings (SSSR count). The number of nitrogens with zero attached hydrogens (tertiary/aromatic N) is 1. The molecule has 4 N–H and O–H groups in total. The number of anilines is 2. The molecule has 0 spiro atoms. The van der Waals surface area contributed by atoms with E-state index in [0.29, 0.717) is 0 Å². The van der Waals surface area contributed by atoms with Crippen LogP contribution in [0.4, 0.5) is 11.5 Å². The Bertz CT molecular complexity index is 545. The maximum atomic E-state index is 6.12. The first kappa shape index (κ1) is 18.5. The summed E-state index contributed by atoms with van der Waals surface area (Å²) in [5, 5.41) is 6.80. The van der Waals surface area contributed by atoms with Crippen molar-refractivity contribution in [3.8, 4) is 0 Å². The zero-order valence-corrected chi connectivity index (χ0v) is 15.0. The van der Waals surface area contributed by atoms with Gasteiger partial charge in [-0.25, -0.2) is 4.98 Å². The zero-order valence-electron chi connectivity index (χ0n) is 15.0. The molecule has 24 heavy (non-hydrogen) atoms. The summed E-state index contributed by atoms with van der Waals surface area (Å²) in [5.41, 5.74) is 9.02. The molecule has 0 aliphatic carbocycles. The molecule has 0 saturated carbocycles. The lowest BCUT2D eigenvalue weighted by molar-refractivity contribution is 0.345. The highest BCUT2D eigenvalue weighted by molar-refractivity contribution is 5.62. The Morgan fingerprint density at radius 2 is 2.21 bits per heavy atom. The second-order valence-corrected chi connectivity index (χ2v) is 6.73. The van der Waals surface area contributed by atoms with Crippen LogP contribution in [-0.2, 0) is 6.42 Å². The van der Waals surface area contributed by atoms with Crippen LogP contribution in [0.3, 0.4) is 0 Å².